The molecule has 0 saturated carbocycles. The molecule has 1 saturated heterocycles. The fourth-order valence-corrected chi connectivity index (χ4v) is 1.44. The summed E-state index contributed by atoms with van der Waals surface area (Å²) in [6.07, 6.45) is 2.67. The van der Waals surface area contributed by atoms with Crippen LogP contribution in [-0.4, -0.2) is 36.2 Å². The summed E-state index contributed by atoms with van der Waals surface area (Å²) in [4.78, 5) is 21.0. The molecule has 1 amide bonds. The Labute approximate surface area is 82.4 Å². The van der Waals surface area contributed by atoms with E-state index in [2.05, 4.69) is 5.32 Å². The van der Waals surface area contributed by atoms with Crippen molar-refractivity contribution < 1.29 is 19.4 Å². The first-order valence-corrected chi connectivity index (χ1v) is 4.78. The number of hydrogen-bond donors (Lipinski definition) is 2. The highest BCUT2D eigenvalue weighted by Crippen LogP contribution is 2.14. The lowest BCUT2D eigenvalue weighted by molar-refractivity contribution is -0.140. The molecule has 1 unspecified atom stereocenters. The fourth-order valence-electron chi connectivity index (χ4n) is 1.44. The van der Waals surface area contributed by atoms with E-state index < -0.39 is 18.3 Å². The molecule has 1 aliphatic rings. The van der Waals surface area contributed by atoms with Gasteiger partial charge in [-0.15, -0.1) is 0 Å². The molecule has 1 atom stereocenters. The van der Waals surface area contributed by atoms with E-state index >= 15 is 0 Å². The second kappa shape index (κ2) is 5.59. The van der Waals surface area contributed by atoms with E-state index in [0.717, 1.165) is 25.9 Å². The molecule has 0 aromatic rings. The minimum atomic E-state index is -1.10. The van der Waals surface area contributed by atoms with Crippen LogP contribution in [0.25, 0.3) is 0 Å². The van der Waals surface area contributed by atoms with E-state index in [9.17, 15) is 9.59 Å². The third-order valence-corrected chi connectivity index (χ3v) is 2.12. The zero-order chi connectivity index (χ0) is 10.4. The van der Waals surface area contributed by atoms with Crippen molar-refractivity contribution in [3.8, 4) is 0 Å². The summed E-state index contributed by atoms with van der Waals surface area (Å²) >= 11 is 0. The van der Waals surface area contributed by atoms with Gasteiger partial charge in [-0.05, 0) is 19.3 Å². The summed E-state index contributed by atoms with van der Waals surface area (Å²) in [5, 5.41) is 10.9. The Hall–Kier alpha value is -1.10. The second-order valence-electron chi connectivity index (χ2n) is 3.34. The molecule has 0 radical (unpaired) electrons. The van der Waals surface area contributed by atoms with Crippen molar-refractivity contribution in [2.24, 2.45) is 0 Å². The van der Waals surface area contributed by atoms with E-state index in [1.54, 1.807) is 0 Å². The first-order chi connectivity index (χ1) is 6.68. The maximum absolute atomic E-state index is 10.9. The number of rotatable bonds is 5. The summed E-state index contributed by atoms with van der Waals surface area (Å²) in [5.74, 6) is -1.53. The van der Waals surface area contributed by atoms with Crippen LogP contribution in [-0.2, 0) is 14.3 Å². The summed E-state index contributed by atoms with van der Waals surface area (Å²) in [6.45, 7) is 1.30. The highest BCUT2D eigenvalue weighted by Gasteiger charge is 2.15. The smallest absolute Gasteiger partial charge is 0.312 e. The zero-order valence-corrected chi connectivity index (χ0v) is 7.99. The molecule has 5 heteroatoms. The van der Waals surface area contributed by atoms with Crippen LogP contribution in [0.5, 0.6) is 0 Å². The molecule has 0 aliphatic carbocycles. The van der Waals surface area contributed by atoms with Crippen molar-refractivity contribution >= 4 is 11.9 Å². The number of carboxylic acids is 1. The van der Waals surface area contributed by atoms with E-state index in [4.69, 9.17) is 9.84 Å². The van der Waals surface area contributed by atoms with Crippen molar-refractivity contribution in [2.45, 2.75) is 31.8 Å². The number of carbonyl (C=O) groups excluding carboxylic acids is 1. The largest absolute Gasteiger partial charge is 0.481 e. The first-order valence-electron chi connectivity index (χ1n) is 4.78. The van der Waals surface area contributed by atoms with Crippen LogP contribution in [0.4, 0.5) is 0 Å². The molecule has 1 aliphatic heterocycles. The van der Waals surface area contributed by atoms with Gasteiger partial charge in [0, 0.05) is 13.2 Å². The lowest BCUT2D eigenvalue weighted by Crippen LogP contribution is -2.28. The number of ether oxygens (including phenoxy) is 1. The minimum absolute atomic E-state index is 0.236. The van der Waals surface area contributed by atoms with Gasteiger partial charge in [-0.2, -0.15) is 0 Å². The third kappa shape index (κ3) is 4.23. The van der Waals surface area contributed by atoms with Gasteiger partial charge in [0.05, 0.1) is 6.10 Å². The molecule has 14 heavy (non-hydrogen) atoms. The summed E-state index contributed by atoms with van der Waals surface area (Å²) < 4.78 is 5.35. The highest BCUT2D eigenvalue weighted by molar-refractivity contribution is 5.93. The summed E-state index contributed by atoms with van der Waals surface area (Å²) in [6, 6.07) is 0. The number of amides is 1. The Bertz CT molecular complexity index is 211. The van der Waals surface area contributed by atoms with Gasteiger partial charge in [-0.1, -0.05) is 0 Å². The molecule has 80 valence electrons. The Morgan fingerprint density at radius 1 is 1.50 bits per heavy atom. The molecule has 1 fully saturated rings. The average Bonchev–Trinajstić information content (AvgIpc) is 2.55. The Morgan fingerprint density at radius 3 is 2.86 bits per heavy atom. The van der Waals surface area contributed by atoms with Crippen LogP contribution in [0.1, 0.15) is 25.7 Å². The number of carbonyl (C=O) groups is 2. The van der Waals surface area contributed by atoms with Crippen LogP contribution in [0.2, 0.25) is 0 Å². The predicted octanol–water partition coefficient (Wildman–Crippen LogP) is 0.146. The minimum Gasteiger partial charge on any atom is -0.481 e. The van der Waals surface area contributed by atoms with E-state index in [1.807, 2.05) is 0 Å². The van der Waals surface area contributed by atoms with Gasteiger partial charge < -0.3 is 15.2 Å². The van der Waals surface area contributed by atoms with Crippen LogP contribution < -0.4 is 5.32 Å². The molecule has 5 nitrogen and oxygen atoms in total. The van der Waals surface area contributed by atoms with Crippen molar-refractivity contribution in [3.05, 3.63) is 0 Å². The lowest BCUT2D eigenvalue weighted by Gasteiger charge is -2.09. The molecular weight excluding hydrogens is 186 g/mol. The maximum Gasteiger partial charge on any atom is 0.312 e. The monoisotopic (exact) mass is 201 g/mol. The van der Waals surface area contributed by atoms with E-state index in [1.165, 1.54) is 0 Å². The molecule has 2 N–H and O–H groups in total. The van der Waals surface area contributed by atoms with Crippen molar-refractivity contribution in [3.63, 3.8) is 0 Å². The normalized spacial score (nSPS) is 20.7. The molecule has 0 bridgehead atoms. The highest BCUT2D eigenvalue weighted by atomic mass is 16.5. The number of hydrogen-bond acceptors (Lipinski definition) is 3. The fraction of sp³-hybridized carbons (Fsp3) is 0.778. The third-order valence-electron chi connectivity index (χ3n) is 2.12. The van der Waals surface area contributed by atoms with Crippen LogP contribution in [0, 0.1) is 0 Å². The Morgan fingerprint density at radius 2 is 2.29 bits per heavy atom. The molecular formula is C9H15NO4. The number of nitrogens with one attached hydrogen (secondary N) is 1. The SMILES string of the molecule is O=C(O)CC(=O)NCCC1CCCO1. The number of aliphatic carboxylic acids is 1. The van der Waals surface area contributed by atoms with Crippen LogP contribution in [0.15, 0.2) is 0 Å². The van der Waals surface area contributed by atoms with Gasteiger partial charge in [0.2, 0.25) is 5.91 Å². The summed E-state index contributed by atoms with van der Waals surface area (Å²) in [5.41, 5.74) is 0. The number of carboxylic acid groups (broad SMARTS) is 1. The van der Waals surface area contributed by atoms with Gasteiger partial charge in [0.25, 0.3) is 0 Å². The van der Waals surface area contributed by atoms with Gasteiger partial charge in [-0.25, -0.2) is 0 Å². The molecule has 1 rings (SSSR count). The molecule has 1 heterocycles. The molecule has 0 aromatic heterocycles. The Balaban J connectivity index is 2.02. The summed E-state index contributed by atoms with van der Waals surface area (Å²) in [7, 11) is 0. The second-order valence-corrected chi connectivity index (χ2v) is 3.34. The van der Waals surface area contributed by atoms with E-state index in [0.29, 0.717) is 6.54 Å². The van der Waals surface area contributed by atoms with Crippen LogP contribution in [0.3, 0.4) is 0 Å². The van der Waals surface area contributed by atoms with Crippen molar-refractivity contribution in [2.75, 3.05) is 13.2 Å². The zero-order valence-electron chi connectivity index (χ0n) is 7.99. The quantitative estimate of drug-likeness (QED) is 0.621. The van der Waals surface area contributed by atoms with Crippen molar-refractivity contribution in [1.29, 1.82) is 0 Å². The predicted molar refractivity (Wildman–Crippen MR) is 48.9 cm³/mol. The van der Waals surface area contributed by atoms with Crippen molar-refractivity contribution in [1.82, 2.24) is 5.32 Å². The van der Waals surface area contributed by atoms with Gasteiger partial charge in [0.15, 0.2) is 0 Å². The molecule has 0 aromatic carbocycles. The lowest BCUT2D eigenvalue weighted by atomic mass is 10.2. The maximum atomic E-state index is 10.9. The Kier molecular flexibility index (Phi) is 4.39. The van der Waals surface area contributed by atoms with Gasteiger partial charge in [-0.3, -0.25) is 9.59 Å². The topological polar surface area (TPSA) is 75.6 Å². The first kappa shape index (κ1) is 11.0. The van der Waals surface area contributed by atoms with Gasteiger partial charge in [0.1, 0.15) is 6.42 Å². The van der Waals surface area contributed by atoms with E-state index in [-0.39, 0.29) is 6.10 Å². The molecule has 0 spiro atoms. The average molecular weight is 201 g/mol. The van der Waals surface area contributed by atoms with Crippen LogP contribution >= 0.6 is 0 Å². The standard InChI is InChI=1S/C9H15NO4/c11-8(6-9(12)13)10-4-3-7-2-1-5-14-7/h7H,1-6H2,(H,10,11)(H,12,13). The van der Waals surface area contributed by atoms with Gasteiger partial charge >= 0.3 is 5.97 Å².